The third-order valence-electron chi connectivity index (χ3n) is 4.94. The van der Waals surface area contributed by atoms with E-state index in [1.807, 2.05) is 37.3 Å². The highest BCUT2D eigenvalue weighted by Gasteiger charge is 2.22. The van der Waals surface area contributed by atoms with Crippen molar-refractivity contribution in [3.8, 4) is 5.75 Å². The zero-order valence-corrected chi connectivity index (χ0v) is 22.0. The van der Waals surface area contributed by atoms with Crippen molar-refractivity contribution in [3.63, 3.8) is 0 Å². The number of benzene rings is 2. The molecule has 0 saturated heterocycles. The van der Waals surface area contributed by atoms with Gasteiger partial charge in [-0.1, -0.05) is 42.5 Å². The number of phenolic OH excluding ortho intramolecular Hbond substituents is 1. The molecule has 188 valence electrons. The van der Waals surface area contributed by atoms with E-state index >= 15 is 0 Å². The van der Waals surface area contributed by atoms with Crippen molar-refractivity contribution in [2.45, 2.75) is 30.0 Å². The maximum Gasteiger partial charge on any atom is 0.305 e. The number of rotatable bonds is 14. The molecule has 4 N–H and O–H groups in total. The summed E-state index contributed by atoms with van der Waals surface area (Å²) in [5, 5.41) is 12.2. The predicted molar refractivity (Wildman–Crippen MR) is 142 cm³/mol. The van der Waals surface area contributed by atoms with Crippen LogP contribution in [0.15, 0.2) is 52.2 Å². The number of fused-ring (bicyclic) bond motifs is 1. The number of hydrogen-bond acceptors (Lipinski definition) is 8. The zero-order chi connectivity index (χ0) is 23.7. The van der Waals surface area contributed by atoms with Crippen LogP contribution >= 0.6 is 35.5 Å². The van der Waals surface area contributed by atoms with Gasteiger partial charge in [0, 0.05) is 23.7 Å². The molecule has 0 aliphatic heterocycles. The number of halogens is 1. The fraction of sp³-hybridized carbons (Fsp3) is 0.409. The van der Waals surface area contributed by atoms with Gasteiger partial charge in [0.15, 0.2) is 0 Å². The van der Waals surface area contributed by atoms with Gasteiger partial charge in [0.25, 0.3) is 0 Å². The molecule has 0 fully saturated rings. The van der Waals surface area contributed by atoms with Crippen LogP contribution in [0.3, 0.4) is 0 Å². The Hall–Kier alpha value is -1.60. The van der Waals surface area contributed by atoms with Crippen LogP contribution < -0.4 is 14.9 Å². The standard InChI is InChI=1S/C22H29N3O5S3.ClH/c1-2-19(23-11-10-16-8-9-18(26)20-21(16)32-22(27)25-20)33(28,29)24-12-13-30-14-15-31-17-6-4-3-5-7-17;/h3-9,19,23-24,26H,2,10-15H2,1H3,(H,25,27);1H. The Morgan fingerprint density at radius 2 is 1.91 bits per heavy atom. The average molecular weight is 548 g/mol. The van der Waals surface area contributed by atoms with Gasteiger partial charge >= 0.3 is 4.87 Å². The largest absolute Gasteiger partial charge is 0.506 e. The molecule has 2 aromatic carbocycles. The molecule has 0 bridgehead atoms. The lowest BCUT2D eigenvalue weighted by atomic mass is 10.1. The smallest absolute Gasteiger partial charge is 0.305 e. The first-order chi connectivity index (χ1) is 15.9. The molecule has 0 spiro atoms. The van der Waals surface area contributed by atoms with Gasteiger partial charge in [-0.3, -0.25) is 10.1 Å². The van der Waals surface area contributed by atoms with Crippen LogP contribution in [0.2, 0.25) is 0 Å². The van der Waals surface area contributed by atoms with Gasteiger partial charge in [0.1, 0.15) is 16.6 Å². The van der Waals surface area contributed by atoms with E-state index in [4.69, 9.17) is 4.74 Å². The lowest BCUT2D eigenvalue weighted by Gasteiger charge is -2.18. The topological polar surface area (TPSA) is 121 Å². The molecule has 0 saturated carbocycles. The zero-order valence-electron chi connectivity index (χ0n) is 18.8. The van der Waals surface area contributed by atoms with Gasteiger partial charge in [0.2, 0.25) is 10.0 Å². The van der Waals surface area contributed by atoms with Gasteiger partial charge in [-0.15, -0.1) is 24.2 Å². The molecule has 3 aromatic rings. The second-order valence-corrected chi connectivity index (χ2v) is 11.4. The fourth-order valence-electron chi connectivity index (χ4n) is 3.31. The average Bonchev–Trinajstić information content (AvgIpc) is 3.20. The summed E-state index contributed by atoms with van der Waals surface area (Å²) in [6, 6.07) is 13.3. The lowest BCUT2D eigenvalue weighted by Crippen LogP contribution is -2.45. The molecule has 8 nitrogen and oxygen atoms in total. The molecule has 0 aliphatic carbocycles. The normalized spacial score (nSPS) is 12.5. The molecule has 1 heterocycles. The summed E-state index contributed by atoms with van der Waals surface area (Å²) < 4.78 is 34.1. The Morgan fingerprint density at radius 1 is 1.15 bits per heavy atom. The van der Waals surface area contributed by atoms with Crippen molar-refractivity contribution < 1.29 is 18.3 Å². The maximum absolute atomic E-state index is 12.6. The van der Waals surface area contributed by atoms with Crippen LogP contribution in [0.4, 0.5) is 0 Å². The fourth-order valence-corrected chi connectivity index (χ4v) is 6.33. The maximum atomic E-state index is 12.6. The second kappa shape index (κ2) is 14.1. The van der Waals surface area contributed by atoms with Crippen molar-refractivity contribution >= 4 is 55.7 Å². The van der Waals surface area contributed by atoms with Crippen LogP contribution in [0.5, 0.6) is 5.75 Å². The van der Waals surface area contributed by atoms with E-state index in [-0.39, 0.29) is 29.6 Å². The van der Waals surface area contributed by atoms with Gasteiger partial charge in [-0.2, -0.15) is 0 Å². The quantitative estimate of drug-likeness (QED) is 0.180. The van der Waals surface area contributed by atoms with Crippen LogP contribution in [0.25, 0.3) is 10.2 Å². The minimum Gasteiger partial charge on any atom is -0.506 e. The van der Waals surface area contributed by atoms with E-state index < -0.39 is 15.4 Å². The highest BCUT2D eigenvalue weighted by molar-refractivity contribution is 7.99. The summed E-state index contributed by atoms with van der Waals surface area (Å²) >= 11 is 2.73. The third kappa shape index (κ3) is 8.26. The summed E-state index contributed by atoms with van der Waals surface area (Å²) in [4.78, 5) is 15.2. The first-order valence-electron chi connectivity index (χ1n) is 10.7. The first-order valence-corrected chi connectivity index (χ1v) is 14.1. The van der Waals surface area contributed by atoms with E-state index in [2.05, 4.69) is 15.0 Å². The van der Waals surface area contributed by atoms with E-state index in [0.29, 0.717) is 42.8 Å². The first kappa shape index (κ1) is 28.6. The Labute approximate surface area is 214 Å². The minimum atomic E-state index is -3.55. The van der Waals surface area contributed by atoms with E-state index in [1.54, 1.807) is 17.8 Å². The summed E-state index contributed by atoms with van der Waals surface area (Å²) in [7, 11) is -3.55. The highest BCUT2D eigenvalue weighted by Crippen LogP contribution is 2.27. The number of ether oxygens (including phenoxy) is 1. The Morgan fingerprint density at radius 3 is 2.65 bits per heavy atom. The predicted octanol–water partition coefficient (Wildman–Crippen LogP) is 3.31. The van der Waals surface area contributed by atoms with Gasteiger partial charge in [-0.05, 0) is 36.6 Å². The van der Waals surface area contributed by atoms with E-state index in [0.717, 1.165) is 22.7 Å². The van der Waals surface area contributed by atoms with Gasteiger partial charge < -0.3 is 14.8 Å². The minimum absolute atomic E-state index is 0. The van der Waals surface area contributed by atoms with Gasteiger partial charge in [0.05, 0.1) is 17.9 Å². The Kier molecular flexibility index (Phi) is 11.9. The molecule has 0 amide bonds. The number of aromatic nitrogens is 1. The van der Waals surface area contributed by atoms with Crippen molar-refractivity contribution in [2.24, 2.45) is 0 Å². The summed E-state index contributed by atoms with van der Waals surface area (Å²) in [5.41, 5.74) is 1.30. The molecule has 1 atom stereocenters. The number of nitrogens with one attached hydrogen (secondary N) is 3. The number of sulfonamides is 1. The molecular formula is C22H30ClN3O5S3. The van der Waals surface area contributed by atoms with Crippen LogP contribution in [0, 0.1) is 0 Å². The van der Waals surface area contributed by atoms with Crippen LogP contribution in [-0.2, 0) is 21.2 Å². The number of H-pyrrole nitrogens is 1. The molecular weight excluding hydrogens is 518 g/mol. The third-order valence-corrected chi connectivity index (χ3v) is 8.73. The molecule has 3 rings (SSSR count). The number of thiazole rings is 1. The number of thioether (sulfide) groups is 1. The van der Waals surface area contributed by atoms with E-state index in [9.17, 15) is 18.3 Å². The molecule has 34 heavy (non-hydrogen) atoms. The van der Waals surface area contributed by atoms with Crippen molar-refractivity contribution in [3.05, 3.63) is 57.7 Å². The molecule has 1 aromatic heterocycles. The van der Waals surface area contributed by atoms with Crippen molar-refractivity contribution in [1.29, 1.82) is 0 Å². The molecule has 0 radical (unpaired) electrons. The number of aromatic amines is 1. The number of phenols is 1. The van der Waals surface area contributed by atoms with Crippen LogP contribution in [-0.4, -0.2) is 55.9 Å². The van der Waals surface area contributed by atoms with Crippen LogP contribution in [0.1, 0.15) is 18.9 Å². The molecule has 12 heteroatoms. The van der Waals surface area contributed by atoms with E-state index in [1.165, 1.54) is 11.0 Å². The SMILES string of the molecule is CCC(NCCc1ccc(O)c2[nH]c(=O)sc12)S(=O)(=O)NCCOCCSc1ccccc1.Cl. The Bertz CT molecular complexity index is 1190. The molecule has 0 aliphatic rings. The molecule has 1 unspecified atom stereocenters. The van der Waals surface area contributed by atoms with Crippen molar-refractivity contribution in [1.82, 2.24) is 15.0 Å². The summed E-state index contributed by atoms with van der Waals surface area (Å²) in [6.45, 7) is 3.29. The number of aromatic hydroxyl groups is 1. The second-order valence-electron chi connectivity index (χ2n) is 7.28. The highest BCUT2D eigenvalue weighted by atomic mass is 35.5. The van der Waals surface area contributed by atoms with Gasteiger partial charge in [-0.25, -0.2) is 13.1 Å². The van der Waals surface area contributed by atoms with Crippen molar-refractivity contribution in [2.75, 3.05) is 32.1 Å². The Balaban J connectivity index is 0.00000408. The monoisotopic (exact) mass is 547 g/mol. The number of hydrogen-bond donors (Lipinski definition) is 4. The summed E-state index contributed by atoms with van der Waals surface area (Å²) in [6.07, 6.45) is 0.936. The lowest BCUT2D eigenvalue weighted by molar-refractivity contribution is 0.155. The summed E-state index contributed by atoms with van der Waals surface area (Å²) in [5.74, 6) is 0.829.